The number of Topliss-reactive ketones (excluding diaryl/α,β-unsaturated/α-hetero) is 1. The van der Waals surface area contributed by atoms with Crippen LogP contribution in [0.2, 0.25) is 0 Å². The normalized spacial score (nSPS) is 10.4. The van der Waals surface area contributed by atoms with Crippen molar-refractivity contribution in [1.82, 2.24) is 15.2 Å². The van der Waals surface area contributed by atoms with Crippen molar-refractivity contribution in [1.29, 1.82) is 0 Å². The van der Waals surface area contributed by atoms with E-state index in [1.165, 1.54) is 18.7 Å². The number of nitrogens with one attached hydrogen (secondary N) is 2. The van der Waals surface area contributed by atoms with E-state index in [0.717, 1.165) is 11.3 Å². The summed E-state index contributed by atoms with van der Waals surface area (Å²) in [5.41, 5.74) is 2.01. The molecular weight excluding hydrogens is 336 g/mol. The van der Waals surface area contributed by atoms with E-state index in [-0.39, 0.29) is 11.7 Å². The molecule has 6 nitrogen and oxygen atoms in total. The van der Waals surface area contributed by atoms with E-state index < -0.39 is 0 Å². The Morgan fingerprint density at radius 1 is 1.12 bits per heavy atom. The lowest BCUT2D eigenvalue weighted by Gasteiger charge is -2.06. The molecule has 2 aromatic carbocycles. The molecule has 0 radical (unpaired) electrons. The summed E-state index contributed by atoms with van der Waals surface area (Å²) in [4.78, 5) is 27.8. The van der Waals surface area contributed by atoms with Crippen LogP contribution in [0, 0.1) is 0 Å². The van der Waals surface area contributed by atoms with Gasteiger partial charge in [-0.05, 0) is 31.2 Å². The summed E-state index contributed by atoms with van der Waals surface area (Å²) in [7, 11) is 0. The molecule has 2 N–H and O–H groups in total. The van der Waals surface area contributed by atoms with Crippen LogP contribution in [0.15, 0.2) is 59.8 Å². The molecule has 7 heteroatoms. The molecular formula is C18H16N4O2S. The highest BCUT2D eigenvalue weighted by Crippen LogP contribution is 2.20. The van der Waals surface area contributed by atoms with Gasteiger partial charge in [-0.2, -0.15) is 0 Å². The number of aromatic nitrogens is 3. The van der Waals surface area contributed by atoms with Gasteiger partial charge in [-0.25, -0.2) is 4.98 Å². The average molecular weight is 352 g/mol. The molecule has 0 atom stereocenters. The zero-order chi connectivity index (χ0) is 17.6. The lowest BCUT2D eigenvalue weighted by atomic mass is 10.1. The fraction of sp³-hybridized carbons (Fsp3) is 0.111. The highest BCUT2D eigenvalue weighted by atomic mass is 32.2. The molecule has 0 aliphatic heterocycles. The number of hydrogen-bond donors (Lipinski definition) is 2. The summed E-state index contributed by atoms with van der Waals surface area (Å²) in [6.07, 6.45) is 0. The van der Waals surface area contributed by atoms with Crippen LogP contribution < -0.4 is 5.32 Å². The fourth-order valence-corrected chi connectivity index (χ4v) is 2.74. The molecule has 0 saturated carbocycles. The molecule has 0 aliphatic rings. The summed E-state index contributed by atoms with van der Waals surface area (Å²) in [6.45, 7) is 1.52. The number of thioether (sulfide) groups is 1. The second-order valence-electron chi connectivity index (χ2n) is 5.36. The molecule has 0 spiro atoms. The topological polar surface area (TPSA) is 87.7 Å². The highest BCUT2D eigenvalue weighted by molar-refractivity contribution is 7.99. The number of ketones is 1. The second-order valence-corrected chi connectivity index (χ2v) is 6.30. The predicted molar refractivity (Wildman–Crippen MR) is 97.6 cm³/mol. The highest BCUT2D eigenvalue weighted by Gasteiger charge is 2.11. The van der Waals surface area contributed by atoms with Crippen LogP contribution in [0.4, 0.5) is 5.69 Å². The third-order valence-corrected chi connectivity index (χ3v) is 4.29. The van der Waals surface area contributed by atoms with E-state index in [1.807, 2.05) is 36.4 Å². The zero-order valence-electron chi connectivity index (χ0n) is 13.5. The number of rotatable bonds is 6. The van der Waals surface area contributed by atoms with E-state index in [9.17, 15) is 9.59 Å². The Bertz CT molecular complexity index is 893. The molecule has 1 amide bonds. The van der Waals surface area contributed by atoms with Crippen molar-refractivity contribution < 1.29 is 9.59 Å². The van der Waals surface area contributed by atoms with Gasteiger partial charge in [-0.3, -0.25) is 14.7 Å². The quantitative estimate of drug-likeness (QED) is 0.664. The minimum Gasteiger partial charge on any atom is -0.322 e. The summed E-state index contributed by atoms with van der Waals surface area (Å²) < 4.78 is 0. The van der Waals surface area contributed by atoms with Gasteiger partial charge in [0.05, 0.1) is 5.75 Å². The van der Waals surface area contributed by atoms with Crippen molar-refractivity contribution in [2.75, 3.05) is 11.1 Å². The number of aromatic amines is 1. The first-order valence-electron chi connectivity index (χ1n) is 7.63. The number of anilines is 1. The number of nitrogens with zero attached hydrogens (tertiary/aromatic N) is 2. The first-order valence-corrected chi connectivity index (χ1v) is 8.62. The molecule has 0 aliphatic carbocycles. The van der Waals surface area contributed by atoms with E-state index >= 15 is 0 Å². The number of carbonyl (C=O) groups is 2. The molecule has 0 saturated heterocycles. The van der Waals surface area contributed by atoms with Gasteiger partial charge in [0.2, 0.25) is 5.16 Å². The van der Waals surface area contributed by atoms with Gasteiger partial charge in [-0.15, -0.1) is 5.10 Å². The monoisotopic (exact) mass is 352 g/mol. The Hall–Kier alpha value is -2.93. The molecule has 1 heterocycles. The first kappa shape index (κ1) is 16.9. The van der Waals surface area contributed by atoms with Gasteiger partial charge >= 0.3 is 0 Å². The van der Waals surface area contributed by atoms with E-state index in [1.54, 1.807) is 18.2 Å². The van der Waals surface area contributed by atoms with E-state index in [2.05, 4.69) is 20.5 Å². The lowest BCUT2D eigenvalue weighted by Crippen LogP contribution is -2.11. The van der Waals surface area contributed by atoms with Gasteiger partial charge in [0.1, 0.15) is 5.78 Å². The van der Waals surface area contributed by atoms with Crippen molar-refractivity contribution in [3.63, 3.8) is 0 Å². The van der Waals surface area contributed by atoms with Crippen LogP contribution >= 0.6 is 11.8 Å². The number of amides is 1. The molecule has 25 heavy (non-hydrogen) atoms. The van der Waals surface area contributed by atoms with Gasteiger partial charge < -0.3 is 5.32 Å². The summed E-state index contributed by atoms with van der Waals surface area (Å²) >= 11 is 1.27. The Morgan fingerprint density at radius 3 is 2.68 bits per heavy atom. The Balaban J connectivity index is 1.75. The smallest absolute Gasteiger partial charge is 0.255 e. The van der Waals surface area contributed by atoms with Crippen molar-refractivity contribution in [3.05, 3.63) is 60.2 Å². The standard InChI is InChI=1S/C18H16N4O2S/c1-12(23)11-25-18-20-16(21-22-18)13-6-5-7-14(10-13)17(24)19-15-8-3-2-4-9-15/h2-10H,11H2,1H3,(H,19,24)(H,20,21,22). The average Bonchev–Trinajstić information content (AvgIpc) is 3.10. The number of hydrogen-bond acceptors (Lipinski definition) is 5. The van der Waals surface area contributed by atoms with E-state index in [0.29, 0.717) is 22.3 Å². The van der Waals surface area contributed by atoms with E-state index in [4.69, 9.17) is 0 Å². The second kappa shape index (κ2) is 7.76. The maximum absolute atomic E-state index is 12.4. The molecule has 1 aromatic heterocycles. The van der Waals surface area contributed by atoms with Crippen molar-refractivity contribution in [2.45, 2.75) is 12.1 Å². The number of para-hydroxylation sites is 1. The van der Waals surface area contributed by atoms with Gasteiger partial charge in [0.25, 0.3) is 5.91 Å². The third-order valence-electron chi connectivity index (χ3n) is 3.30. The van der Waals surface area contributed by atoms with Gasteiger partial charge in [0.15, 0.2) is 5.82 Å². The van der Waals surface area contributed by atoms with Crippen LogP contribution in [0.5, 0.6) is 0 Å². The summed E-state index contributed by atoms with van der Waals surface area (Å²) in [5.74, 6) is 0.756. The molecule has 0 unspecified atom stereocenters. The van der Waals surface area contributed by atoms with Crippen LogP contribution in [-0.2, 0) is 4.79 Å². The van der Waals surface area contributed by atoms with Crippen LogP contribution in [0.3, 0.4) is 0 Å². The lowest BCUT2D eigenvalue weighted by molar-refractivity contribution is -0.114. The summed E-state index contributed by atoms with van der Waals surface area (Å²) in [6, 6.07) is 16.4. The van der Waals surface area contributed by atoms with Crippen LogP contribution in [0.1, 0.15) is 17.3 Å². The maximum atomic E-state index is 12.4. The Morgan fingerprint density at radius 2 is 1.92 bits per heavy atom. The Kier molecular flexibility index (Phi) is 5.25. The van der Waals surface area contributed by atoms with Crippen LogP contribution in [0.25, 0.3) is 11.4 Å². The SMILES string of the molecule is CC(=O)CSc1n[nH]c(-c2cccc(C(=O)Nc3ccccc3)c2)n1. The van der Waals surface area contributed by atoms with Crippen molar-refractivity contribution >= 4 is 29.1 Å². The molecule has 0 bridgehead atoms. The molecule has 0 fully saturated rings. The van der Waals surface area contributed by atoms with Crippen molar-refractivity contribution in [2.24, 2.45) is 0 Å². The first-order chi connectivity index (χ1) is 12.1. The fourth-order valence-electron chi connectivity index (χ4n) is 2.14. The molecule has 3 rings (SSSR count). The van der Waals surface area contributed by atoms with Crippen LogP contribution in [-0.4, -0.2) is 32.6 Å². The maximum Gasteiger partial charge on any atom is 0.255 e. The minimum absolute atomic E-state index is 0.0657. The minimum atomic E-state index is -0.196. The molecule has 3 aromatic rings. The zero-order valence-corrected chi connectivity index (χ0v) is 14.3. The van der Waals surface area contributed by atoms with Gasteiger partial charge in [0, 0.05) is 16.8 Å². The largest absolute Gasteiger partial charge is 0.322 e. The van der Waals surface area contributed by atoms with Gasteiger partial charge in [-0.1, -0.05) is 42.1 Å². The number of benzene rings is 2. The number of H-pyrrole nitrogens is 1. The van der Waals surface area contributed by atoms with Crippen molar-refractivity contribution in [3.8, 4) is 11.4 Å². The third kappa shape index (κ3) is 4.54. The number of carbonyl (C=O) groups excluding carboxylic acids is 2. The predicted octanol–water partition coefficient (Wildman–Crippen LogP) is 3.41. The molecule has 126 valence electrons. The summed E-state index contributed by atoms with van der Waals surface area (Å²) in [5, 5.41) is 10.3. The Labute approximate surface area is 149 Å².